The molecule has 2 aromatic rings. The molecule has 0 fully saturated rings. The highest BCUT2D eigenvalue weighted by molar-refractivity contribution is 9.10. The van der Waals surface area contributed by atoms with E-state index in [1.165, 1.54) is 0 Å². The molecule has 0 aliphatic heterocycles. The van der Waals surface area contributed by atoms with E-state index >= 15 is 0 Å². The summed E-state index contributed by atoms with van der Waals surface area (Å²) >= 11 is 3.51. The SMILES string of the molecule is Cc1cc2c(Br)ccnc2cc1NCCCC(=O)O. The minimum atomic E-state index is -0.761. The van der Waals surface area contributed by atoms with Gasteiger partial charge < -0.3 is 10.4 Å². The number of carboxylic acid groups (broad SMARTS) is 1. The van der Waals surface area contributed by atoms with Gasteiger partial charge in [-0.15, -0.1) is 0 Å². The number of carboxylic acids is 1. The van der Waals surface area contributed by atoms with Crippen LogP contribution in [-0.4, -0.2) is 22.6 Å². The van der Waals surface area contributed by atoms with Gasteiger partial charge in [-0.25, -0.2) is 0 Å². The number of halogens is 1. The van der Waals surface area contributed by atoms with Crippen LogP contribution < -0.4 is 5.32 Å². The largest absolute Gasteiger partial charge is 0.481 e. The third-order valence-corrected chi connectivity index (χ3v) is 3.61. The molecule has 0 aliphatic carbocycles. The maximum Gasteiger partial charge on any atom is 0.303 e. The van der Waals surface area contributed by atoms with Crippen molar-refractivity contribution in [2.45, 2.75) is 19.8 Å². The van der Waals surface area contributed by atoms with E-state index in [2.05, 4.69) is 32.3 Å². The maximum atomic E-state index is 10.4. The number of hydrogen-bond acceptors (Lipinski definition) is 3. The highest BCUT2D eigenvalue weighted by atomic mass is 79.9. The summed E-state index contributed by atoms with van der Waals surface area (Å²) in [4.78, 5) is 14.8. The Bertz CT molecular complexity index is 614. The Morgan fingerprint density at radius 1 is 1.47 bits per heavy atom. The lowest BCUT2D eigenvalue weighted by Gasteiger charge is -2.11. The molecule has 1 aromatic heterocycles. The number of rotatable bonds is 5. The van der Waals surface area contributed by atoms with Crippen LogP contribution in [0.3, 0.4) is 0 Å². The third kappa shape index (κ3) is 3.44. The second kappa shape index (κ2) is 6.02. The lowest BCUT2D eigenvalue weighted by molar-refractivity contribution is -0.137. The number of nitrogens with one attached hydrogen (secondary N) is 1. The van der Waals surface area contributed by atoms with Gasteiger partial charge in [-0.2, -0.15) is 0 Å². The molecule has 100 valence electrons. The van der Waals surface area contributed by atoms with Crippen molar-refractivity contribution in [3.8, 4) is 0 Å². The van der Waals surface area contributed by atoms with Gasteiger partial charge in [0.2, 0.25) is 0 Å². The molecule has 0 saturated heterocycles. The van der Waals surface area contributed by atoms with Crippen molar-refractivity contribution in [3.63, 3.8) is 0 Å². The van der Waals surface area contributed by atoms with E-state index in [4.69, 9.17) is 5.11 Å². The van der Waals surface area contributed by atoms with Crippen molar-refractivity contribution in [2.75, 3.05) is 11.9 Å². The van der Waals surface area contributed by atoms with E-state index < -0.39 is 5.97 Å². The lowest BCUT2D eigenvalue weighted by atomic mass is 10.1. The number of aliphatic carboxylic acids is 1. The minimum absolute atomic E-state index is 0.184. The molecule has 0 amide bonds. The van der Waals surface area contributed by atoms with E-state index in [0.29, 0.717) is 13.0 Å². The third-order valence-electron chi connectivity index (χ3n) is 2.92. The predicted octanol–water partition coefficient (Wildman–Crippen LogP) is 3.58. The van der Waals surface area contributed by atoms with Crippen LogP contribution in [-0.2, 0) is 4.79 Å². The van der Waals surface area contributed by atoms with Crippen LogP contribution in [0, 0.1) is 6.92 Å². The first-order valence-electron chi connectivity index (χ1n) is 6.08. The fourth-order valence-electron chi connectivity index (χ4n) is 1.92. The summed E-state index contributed by atoms with van der Waals surface area (Å²) in [5, 5.41) is 12.9. The molecule has 0 radical (unpaired) electrons. The Labute approximate surface area is 120 Å². The topological polar surface area (TPSA) is 62.2 Å². The number of benzene rings is 1. The summed E-state index contributed by atoms with van der Waals surface area (Å²) in [5.74, 6) is -0.761. The van der Waals surface area contributed by atoms with Gasteiger partial charge in [-0.3, -0.25) is 9.78 Å². The molecule has 4 nitrogen and oxygen atoms in total. The number of anilines is 1. The number of aromatic nitrogens is 1. The molecule has 0 atom stereocenters. The molecular formula is C14H15BrN2O2. The highest BCUT2D eigenvalue weighted by Crippen LogP contribution is 2.27. The minimum Gasteiger partial charge on any atom is -0.481 e. The van der Waals surface area contributed by atoms with Gasteiger partial charge in [-0.1, -0.05) is 15.9 Å². The van der Waals surface area contributed by atoms with Crippen molar-refractivity contribution in [1.82, 2.24) is 4.98 Å². The predicted molar refractivity (Wildman–Crippen MR) is 79.5 cm³/mol. The van der Waals surface area contributed by atoms with Crippen LogP contribution in [0.25, 0.3) is 10.9 Å². The molecule has 19 heavy (non-hydrogen) atoms. The van der Waals surface area contributed by atoms with Crippen molar-refractivity contribution >= 4 is 38.5 Å². The molecule has 0 spiro atoms. The zero-order valence-electron chi connectivity index (χ0n) is 10.6. The van der Waals surface area contributed by atoms with E-state index in [-0.39, 0.29) is 6.42 Å². The van der Waals surface area contributed by atoms with Gasteiger partial charge in [0.25, 0.3) is 0 Å². The highest BCUT2D eigenvalue weighted by Gasteiger charge is 2.05. The average molecular weight is 323 g/mol. The second-order valence-corrected chi connectivity index (χ2v) is 5.26. The summed E-state index contributed by atoms with van der Waals surface area (Å²) in [7, 11) is 0. The molecule has 0 bridgehead atoms. The zero-order chi connectivity index (χ0) is 13.8. The Morgan fingerprint density at radius 3 is 3.00 bits per heavy atom. The Morgan fingerprint density at radius 2 is 2.26 bits per heavy atom. The first kappa shape index (κ1) is 13.8. The first-order chi connectivity index (χ1) is 9.08. The number of pyridine rings is 1. The summed E-state index contributed by atoms with van der Waals surface area (Å²) in [6, 6.07) is 5.99. The molecule has 5 heteroatoms. The molecule has 0 aliphatic rings. The van der Waals surface area contributed by atoms with E-state index in [1.807, 2.05) is 19.1 Å². The van der Waals surface area contributed by atoms with Crippen molar-refractivity contribution < 1.29 is 9.90 Å². The van der Waals surface area contributed by atoms with Crippen molar-refractivity contribution in [3.05, 3.63) is 34.4 Å². The molecule has 1 aromatic carbocycles. The Balaban J connectivity index is 2.15. The number of aryl methyl sites for hydroxylation is 1. The Kier molecular flexibility index (Phi) is 4.37. The Hall–Kier alpha value is -1.62. The molecular weight excluding hydrogens is 308 g/mol. The molecule has 1 heterocycles. The van der Waals surface area contributed by atoms with Gasteiger partial charge >= 0.3 is 5.97 Å². The summed E-state index contributed by atoms with van der Waals surface area (Å²) < 4.78 is 1.03. The first-order valence-corrected chi connectivity index (χ1v) is 6.88. The van der Waals surface area contributed by atoms with E-state index in [1.54, 1.807) is 6.20 Å². The smallest absolute Gasteiger partial charge is 0.303 e. The number of carbonyl (C=O) groups is 1. The van der Waals surface area contributed by atoms with Gasteiger partial charge in [0.1, 0.15) is 0 Å². The van der Waals surface area contributed by atoms with E-state index in [0.717, 1.165) is 26.6 Å². The molecule has 2 N–H and O–H groups in total. The molecule has 0 unspecified atom stereocenters. The summed E-state index contributed by atoms with van der Waals surface area (Å²) in [6.45, 7) is 2.67. The second-order valence-electron chi connectivity index (χ2n) is 4.40. The standard InChI is InChI=1S/C14H15BrN2O2/c1-9-7-10-11(15)4-6-17-13(10)8-12(9)16-5-2-3-14(18)19/h4,6-8,16H,2-3,5H2,1H3,(H,18,19). The normalized spacial score (nSPS) is 10.6. The van der Waals surface area contributed by atoms with Gasteiger partial charge in [0.05, 0.1) is 5.52 Å². The van der Waals surface area contributed by atoms with Crippen LogP contribution in [0.15, 0.2) is 28.9 Å². The fraction of sp³-hybridized carbons (Fsp3) is 0.286. The van der Waals surface area contributed by atoms with Gasteiger partial charge in [0.15, 0.2) is 0 Å². The van der Waals surface area contributed by atoms with Crippen molar-refractivity contribution in [2.24, 2.45) is 0 Å². The van der Waals surface area contributed by atoms with Gasteiger partial charge in [-0.05, 0) is 37.1 Å². The molecule has 2 rings (SSSR count). The van der Waals surface area contributed by atoms with E-state index in [9.17, 15) is 4.79 Å². The number of hydrogen-bond donors (Lipinski definition) is 2. The monoisotopic (exact) mass is 322 g/mol. The number of nitrogens with zero attached hydrogens (tertiary/aromatic N) is 1. The van der Waals surface area contributed by atoms with Crippen molar-refractivity contribution in [1.29, 1.82) is 0 Å². The quantitative estimate of drug-likeness (QED) is 0.826. The lowest BCUT2D eigenvalue weighted by Crippen LogP contribution is -2.06. The van der Waals surface area contributed by atoms with Crippen LogP contribution in [0.2, 0.25) is 0 Å². The van der Waals surface area contributed by atoms with Crippen LogP contribution in [0.5, 0.6) is 0 Å². The summed E-state index contributed by atoms with van der Waals surface area (Å²) in [6.07, 6.45) is 2.55. The van der Waals surface area contributed by atoms with Gasteiger partial charge in [0, 0.05) is 34.7 Å². The summed E-state index contributed by atoms with van der Waals surface area (Å²) in [5.41, 5.74) is 3.04. The fourth-order valence-corrected chi connectivity index (χ4v) is 2.36. The van der Waals surface area contributed by atoms with Crippen LogP contribution >= 0.6 is 15.9 Å². The number of fused-ring (bicyclic) bond motifs is 1. The van der Waals surface area contributed by atoms with Crippen LogP contribution in [0.1, 0.15) is 18.4 Å². The average Bonchev–Trinajstić information content (AvgIpc) is 2.36. The maximum absolute atomic E-state index is 10.4. The molecule has 0 saturated carbocycles. The zero-order valence-corrected chi connectivity index (χ0v) is 12.2. The van der Waals surface area contributed by atoms with Crippen LogP contribution in [0.4, 0.5) is 5.69 Å².